The molecule has 3 rings (SSSR count). The molecule has 0 aliphatic heterocycles. The van der Waals surface area contributed by atoms with Gasteiger partial charge in [0.2, 0.25) is 0 Å². The van der Waals surface area contributed by atoms with Gasteiger partial charge in [0, 0.05) is 12.6 Å². The van der Waals surface area contributed by atoms with Gasteiger partial charge in [-0.05, 0) is 31.2 Å². The molecule has 1 amide bonds. The van der Waals surface area contributed by atoms with Crippen molar-refractivity contribution in [2.75, 3.05) is 25.7 Å². The minimum Gasteiger partial charge on any atom is -0.497 e. The maximum Gasteiger partial charge on any atom is 0.263 e. The Labute approximate surface area is 144 Å². The number of hydrogen-bond donors (Lipinski definition) is 0. The summed E-state index contributed by atoms with van der Waals surface area (Å²) in [5.41, 5.74) is 1.38. The van der Waals surface area contributed by atoms with Crippen molar-refractivity contribution >= 4 is 32.6 Å². The highest BCUT2D eigenvalue weighted by atomic mass is 32.1. The monoisotopic (exact) mass is 342 g/mol. The molecule has 0 saturated carbocycles. The maximum absolute atomic E-state index is 13.0. The van der Waals surface area contributed by atoms with E-state index in [1.807, 2.05) is 31.2 Å². The van der Waals surface area contributed by atoms with E-state index in [-0.39, 0.29) is 5.91 Å². The van der Waals surface area contributed by atoms with E-state index in [9.17, 15) is 4.79 Å². The predicted molar refractivity (Wildman–Crippen MR) is 96.5 cm³/mol. The SMILES string of the molecule is CCN(C(=O)c1ccc(OC)cc1OC)c1nc2ccccc2s1. The molecule has 0 saturated heterocycles. The van der Waals surface area contributed by atoms with E-state index in [1.54, 1.807) is 37.3 Å². The smallest absolute Gasteiger partial charge is 0.263 e. The second kappa shape index (κ2) is 6.88. The standard InChI is InChI=1S/C18H18N2O3S/c1-4-20(18-19-14-7-5-6-8-16(14)24-18)17(21)13-10-9-12(22-2)11-15(13)23-3/h5-11H,4H2,1-3H3. The van der Waals surface area contributed by atoms with Gasteiger partial charge in [-0.2, -0.15) is 0 Å². The molecule has 24 heavy (non-hydrogen) atoms. The molecule has 0 aliphatic rings. The summed E-state index contributed by atoms with van der Waals surface area (Å²) in [6.07, 6.45) is 0. The second-order valence-electron chi connectivity index (χ2n) is 5.08. The summed E-state index contributed by atoms with van der Waals surface area (Å²) in [7, 11) is 3.12. The van der Waals surface area contributed by atoms with Crippen LogP contribution in [0.15, 0.2) is 42.5 Å². The number of amides is 1. The van der Waals surface area contributed by atoms with Gasteiger partial charge in [0.25, 0.3) is 5.91 Å². The van der Waals surface area contributed by atoms with Crippen LogP contribution in [0.25, 0.3) is 10.2 Å². The zero-order chi connectivity index (χ0) is 17.1. The summed E-state index contributed by atoms with van der Waals surface area (Å²) in [5.74, 6) is 0.987. The van der Waals surface area contributed by atoms with Crippen molar-refractivity contribution in [3.8, 4) is 11.5 Å². The van der Waals surface area contributed by atoms with Crippen LogP contribution in [0.3, 0.4) is 0 Å². The lowest BCUT2D eigenvalue weighted by Gasteiger charge is -2.19. The van der Waals surface area contributed by atoms with E-state index >= 15 is 0 Å². The summed E-state index contributed by atoms with van der Waals surface area (Å²) >= 11 is 1.50. The number of ether oxygens (including phenoxy) is 2. The zero-order valence-electron chi connectivity index (χ0n) is 13.8. The topological polar surface area (TPSA) is 51.7 Å². The van der Waals surface area contributed by atoms with Crippen molar-refractivity contribution in [1.82, 2.24) is 4.98 Å². The molecule has 6 heteroatoms. The Morgan fingerprint density at radius 3 is 2.62 bits per heavy atom. The maximum atomic E-state index is 13.0. The van der Waals surface area contributed by atoms with Crippen LogP contribution in [0.5, 0.6) is 11.5 Å². The number of hydrogen-bond acceptors (Lipinski definition) is 5. The Morgan fingerprint density at radius 2 is 1.96 bits per heavy atom. The van der Waals surface area contributed by atoms with Crippen molar-refractivity contribution in [3.63, 3.8) is 0 Å². The van der Waals surface area contributed by atoms with Crippen LogP contribution < -0.4 is 14.4 Å². The van der Waals surface area contributed by atoms with E-state index < -0.39 is 0 Å². The number of nitrogens with zero attached hydrogens (tertiary/aromatic N) is 2. The lowest BCUT2D eigenvalue weighted by molar-refractivity contribution is 0.0985. The lowest BCUT2D eigenvalue weighted by Crippen LogP contribution is -2.30. The molecule has 124 valence electrons. The number of aromatic nitrogens is 1. The van der Waals surface area contributed by atoms with Crippen LogP contribution in [0.1, 0.15) is 17.3 Å². The molecule has 0 radical (unpaired) electrons. The number of para-hydroxylation sites is 1. The Kier molecular flexibility index (Phi) is 4.66. The van der Waals surface area contributed by atoms with Crippen LogP contribution in [-0.2, 0) is 0 Å². The largest absolute Gasteiger partial charge is 0.497 e. The number of thiazole rings is 1. The van der Waals surface area contributed by atoms with Crippen LogP contribution in [-0.4, -0.2) is 31.7 Å². The van der Waals surface area contributed by atoms with E-state index in [0.29, 0.717) is 28.7 Å². The average Bonchev–Trinajstić information content (AvgIpc) is 3.05. The molecule has 1 aromatic heterocycles. The fraction of sp³-hybridized carbons (Fsp3) is 0.222. The van der Waals surface area contributed by atoms with Crippen molar-refractivity contribution in [2.24, 2.45) is 0 Å². The highest BCUT2D eigenvalue weighted by Crippen LogP contribution is 2.31. The fourth-order valence-corrected chi connectivity index (χ4v) is 3.49. The summed E-state index contributed by atoms with van der Waals surface area (Å²) in [5, 5.41) is 0.682. The first kappa shape index (κ1) is 16.3. The van der Waals surface area contributed by atoms with Crippen LogP contribution in [0.4, 0.5) is 5.13 Å². The number of rotatable bonds is 5. The lowest BCUT2D eigenvalue weighted by atomic mass is 10.1. The van der Waals surface area contributed by atoms with Crippen LogP contribution in [0, 0.1) is 0 Å². The zero-order valence-corrected chi connectivity index (χ0v) is 14.6. The van der Waals surface area contributed by atoms with Crippen molar-refractivity contribution in [2.45, 2.75) is 6.92 Å². The normalized spacial score (nSPS) is 10.6. The van der Waals surface area contributed by atoms with Gasteiger partial charge in [-0.1, -0.05) is 23.5 Å². The summed E-state index contributed by atoms with van der Waals surface area (Å²) < 4.78 is 11.6. The molecular formula is C18H18N2O3S. The van der Waals surface area contributed by atoms with Crippen LogP contribution in [0.2, 0.25) is 0 Å². The molecule has 0 fully saturated rings. The van der Waals surface area contributed by atoms with Gasteiger partial charge >= 0.3 is 0 Å². The number of methoxy groups -OCH3 is 2. The minimum absolute atomic E-state index is 0.143. The number of anilines is 1. The Bertz CT molecular complexity index is 843. The third kappa shape index (κ3) is 2.92. The van der Waals surface area contributed by atoms with Gasteiger partial charge < -0.3 is 9.47 Å². The van der Waals surface area contributed by atoms with Gasteiger partial charge in [0.15, 0.2) is 5.13 Å². The van der Waals surface area contributed by atoms with E-state index in [2.05, 4.69) is 4.98 Å². The molecule has 1 heterocycles. The molecule has 5 nitrogen and oxygen atoms in total. The van der Waals surface area contributed by atoms with Crippen LogP contribution >= 0.6 is 11.3 Å². The van der Waals surface area contributed by atoms with Gasteiger partial charge in [-0.15, -0.1) is 0 Å². The number of carbonyl (C=O) groups excluding carboxylic acids is 1. The summed E-state index contributed by atoms with van der Waals surface area (Å²) in [6.45, 7) is 2.45. The van der Waals surface area contributed by atoms with E-state index in [4.69, 9.17) is 9.47 Å². The fourth-order valence-electron chi connectivity index (χ4n) is 2.46. The molecule has 0 spiro atoms. The minimum atomic E-state index is -0.143. The first-order chi connectivity index (χ1) is 11.7. The van der Waals surface area contributed by atoms with Gasteiger partial charge in [0.1, 0.15) is 11.5 Å². The Balaban J connectivity index is 2.00. The highest BCUT2D eigenvalue weighted by molar-refractivity contribution is 7.22. The molecular weight excluding hydrogens is 324 g/mol. The first-order valence-electron chi connectivity index (χ1n) is 7.57. The van der Waals surface area contributed by atoms with Crippen molar-refractivity contribution in [3.05, 3.63) is 48.0 Å². The third-order valence-corrected chi connectivity index (χ3v) is 4.77. The Hall–Kier alpha value is -2.60. The third-order valence-electron chi connectivity index (χ3n) is 3.71. The number of benzene rings is 2. The number of fused-ring (bicyclic) bond motifs is 1. The molecule has 0 N–H and O–H groups in total. The van der Waals surface area contributed by atoms with Crippen molar-refractivity contribution < 1.29 is 14.3 Å². The van der Waals surface area contributed by atoms with Gasteiger partial charge in [-0.25, -0.2) is 4.98 Å². The molecule has 0 atom stereocenters. The van der Waals surface area contributed by atoms with Crippen molar-refractivity contribution in [1.29, 1.82) is 0 Å². The summed E-state index contributed by atoms with van der Waals surface area (Å²) in [4.78, 5) is 19.2. The van der Waals surface area contributed by atoms with E-state index in [0.717, 1.165) is 10.2 Å². The average molecular weight is 342 g/mol. The molecule has 3 aromatic rings. The Morgan fingerprint density at radius 1 is 1.17 bits per heavy atom. The first-order valence-corrected chi connectivity index (χ1v) is 8.39. The molecule has 0 aliphatic carbocycles. The molecule has 0 bridgehead atoms. The molecule has 0 unspecified atom stereocenters. The van der Waals surface area contributed by atoms with Gasteiger partial charge in [0.05, 0.1) is 30.0 Å². The predicted octanol–water partition coefficient (Wildman–Crippen LogP) is 3.98. The van der Waals surface area contributed by atoms with Gasteiger partial charge in [-0.3, -0.25) is 9.69 Å². The van der Waals surface area contributed by atoms with E-state index in [1.165, 1.54) is 11.3 Å². The number of carbonyl (C=O) groups is 1. The second-order valence-corrected chi connectivity index (χ2v) is 6.09. The summed E-state index contributed by atoms with van der Waals surface area (Å²) in [6, 6.07) is 13.0. The molecule has 2 aromatic carbocycles. The quantitative estimate of drug-likeness (QED) is 0.704. The highest BCUT2D eigenvalue weighted by Gasteiger charge is 2.23.